The van der Waals surface area contributed by atoms with E-state index in [-0.39, 0.29) is 24.4 Å². The second kappa shape index (κ2) is 6.31. The third-order valence-electron chi connectivity index (χ3n) is 4.90. The first-order chi connectivity index (χ1) is 12.1. The maximum atomic E-state index is 12.9. The molecule has 0 spiro atoms. The lowest BCUT2D eigenvalue weighted by Gasteiger charge is -2.31. The number of hydrogen-bond acceptors (Lipinski definition) is 5. The smallest absolute Gasteiger partial charge is 0.243 e. The van der Waals surface area contributed by atoms with Crippen LogP contribution in [-0.2, 0) is 16.0 Å². The van der Waals surface area contributed by atoms with Crippen LogP contribution >= 0.6 is 0 Å². The molecule has 7 heteroatoms. The first-order valence-electron chi connectivity index (χ1n) is 8.61. The van der Waals surface area contributed by atoms with Gasteiger partial charge in [0.2, 0.25) is 17.7 Å². The summed E-state index contributed by atoms with van der Waals surface area (Å²) in [5.74, 6) is 0.969. The molecule has 130 valence electrons. The molecule has 0 aliphatic carbocycles. The van der Waals surface area contributed by atoms with Crippen molar-refractivity contribution < 1.29 is 14.1 Å². The number of nitrogens with zero attached hydrogens (tertiary/aromatic N) is 4. The van der Waals surface area contributed by atoms with Crippen molar-refractivity contribution in [2.75, 3.05) is 18.0 Å². The van der Waals surface area contributed by atoms with Gasteiger partial charge < -0.3 is 14.3 Å². The molecule has 1 aromatic heterocycles. The van der Waals surface area contributed by atoms with Gasteiger partial charge in [-0.25, -0.2) is 0 Å². The van der Waals surface area contributed by atoms with Gasteiger partial charge in [0.15, 0.2) is 5.82 Å². The number of carbonyl (C=O) groups is 2. The number of aromatic nitrogens is 2. The Bertz CT molecular complexity index is 816. The number of para-hydroxylation sites is 1. The number of amides is 2. The zero-order valence-electron chi connectivity index (χ0n) is 14.1. The predicted octanol–water partition coefficient (Wildman–Crippen LogP) is 2.02. The molecule has 2 aliphatic rings. The molecule has 0 radical (unpaired) electrons. The van der Waals surface area contributed by atoms with Crippen LogP contribution in [0.4, 0.5) is 5.69 Å². The molecule has 1 fully saturated rings. The van der Waals surface area contributed by atoms with Gasteiger partial charge in [-0.3, -0.25) is 9.59 Å². The highest BCUT2D eigenvalue weighted by molar-refractivity contribution is 6.01. The fourth-order valence-electron chi connectivity index (χ4n) is 3.68. The Morgan fingerprint density at radius 2 is 2.16 bits per heavy atom. The highest BCUT2D eigenvalue weighted by atomic mass is 16.5. The van der Waals surface area contributed by atoms with Crippen molar-refractivity contribution in [2.45, 2.75) is 38.6 Å². The van der Waals surface area contributed by atoms with Crippen molar-refractivity contribution in [3.63, 3.8) is 0 Å². The molecule has 25 heavy (non-hydrogen) atoms. The number of aryl methyl sites for hydroxylation is 2. The summed E-state index contributed by atoms with van der Waals surface area (Å²) in [5.41, 5.74) is 1.96. The summed E-state index contributed by atoms with van der Waals surface area (Å²) in [6.07, 6.45) is 2.88. The zero-order valence-corrected chi connectivity index (χ0v) is 14.1. The SMILES string of the molecule is Cc1nc([C@@H]2CCCN2C(=O)CN2C(=O)CCc3ccccc32)no1. The number of anilines is 1. The van der Waals surface area contributed by atoms with Crippen LogP contribution in [0, 0.1) is 6.92 Å². The molecule has 0 N–H and O–H groups in total. The van der Waals surface area contributed by atoms with E-state index in [1.54, 1.807) is 16.7 Å². The van der Waals surface area contributed by atoms with Crippen molar-refractivity contribution >= 4 is 17.5 Å². The van der Waals surface area contributed by atoms with E-state index in [4.69, 9.17) is 4.52 Å². The fraction of sp³-hybridized carbons (Fsp3) is 0.444. The standard InChI is InChI=1S/C18H20N4O3/c1-12-19-18(20-25-12)15-7-4-10-21(15)17(24)11-22-14-6-3-2-5-13(14)8-9-16(22)23/h2-3,5-6,15H,4,7-11H2,1H3/t15-/m0/s1. The van der Waals surface area contributed by atoms with Gasteiger partial charge in [0.1, 0.15) is 6.54 Å². The third-order valence-corrected chi connectivity index (χ3v) is 4.90. The van der Waals surface area contributed by atoms with E-state index in [0.29, 0.717) is 24.7 Å². The number of fused-ring (bicyclic) bond motifs is 1. The molecule has 1 saturated heterocycles. The zero-order chi connectivity index (χ0) is 17.4. The largest absolute Gasteiger partial charge is 0.340 e. The van der Waals surface area contributed by atoms with Gasteiger partial charge in [-0.05, 0) is 30.9 Å². The summed E-state index contributed by atoms with van der Waals surface area (Å²) in [4.78, 5) is 32.9. The van der Waals surface area contributed by atoms with E-state index in [1.165, 1.54) is 0 Å². The Morgan fingerprint density at radius 3 is 2.96 bits per heavy atom. The van der Waals surface area contributed by atoms with Gasteiger partial charge in [0, 0.05) is 25.6 Å². The molecule has 2 aliphatic heterocycles. The number of rotatable bonds is 3. The van der Waals surface area contributed by atoms with Crippen LogP contribution in [0.5, 0.6) is 0 Å². The van der Waals surface area contributed by atoms with Crippen molar-refractivity contribution in [3.05, 3.63) is 41.5 Å². The number of hydrogen-bond donors (Lipinski definition) is 0. The normalized spacial score (nSPS) is 20.0. The fourth-order valence-corrected chi connectivity index (χ4v) is 3.68. The maximum absolute atomic E-state index is 12.9. The summed E-state index contributed by atoms with van der Waals surface area (Å²) in [6.45, 7) is 2.45. The molecule has 0 bridgehead atoms. The third kappa shape index (κ3) is 2.90. The molecular formula is C18H20N4O3. The number of benzene rings is 1. The van der Waals surface area contributed by atoms with Crippen LogP contribution in [0.2, 0.25) is 0 Å². The molecule has 0 unspecified atom stereocenters. The molecule has 2 amide bonds. The molecule has 4 rings (SSSR count). The second-order valence-corrected chi connectivity index (χ2v) is 6.53. The Hall–Kier alpha value is -2.70. The lowest BCUT2D eigenvalue weighted by Crippen LogP contribution is -2.44. The molecule has 0 saturated carbocycles. The van der Waals surface area contributed by atoms with Gasteiger partial charge >= 0.3 is 0 Å². The van der Waals surface area contributed by atoms with Crippen LogP contribution in [-0.4, -0.2) is 39.9 Å². The van der Waals surface area contributed by atoms with Crippen LogP contribution in [0.15, 0.2) is 28.8 Å². The van der Waals surface area contributed by atoms with Gasteiger partial charge in [0.05, 0.1) is 6.04 Å². The van der Waals surface area contributed by atoms with E-state index in [2.05, 4.69) is 10.1 Å². The van der Waals surface area contributed by atoms with E-state index in [1.807, 2.05) is 24.3 Å². The topological polar surface area (TPSA) is 79.5 Å². The molecule has 3 heterocycles. The first-order valence-corrected chi connectivity index (χ1v) is 8.61. The van der Waals surface area contributed by atoms with E-state index in [9.17, 15) is 9.59 Å². The summed E-state index contributed by atoms with van der Waals surface area (Å²) in [5, 5.41) is 3.97. The molecule has 2 aromatic rings. The van der Waals surface area contributed by atoms with Crippen molar-refractivity contribution in [3.8, 4) is 0 Å². The average Bonchev–Trinajstić information content (AvgIpc) is 3.26. The highest BCUT2D eigenvalue weighted by Crippen LogP contribution is 2.32. The summed E-state index contributed by atoms with van der Waals surface area (Å²) in [7, 11) is 0. The maximum Gasteiger partial charge on any atom is 0.243 e. The summed E-state index contributed by atoms with van der Waals surface area (Å²) in [6, 6.07) is 7.61. The molecule has 7 nitrogen and oxygen atoms in total. The quantitative estimate of drug-likeness (QED) is 0.854. The van der Waals surface area contributed by atoms with Crippen LogP contribution < -0.4 is 4.90 Å². The minimum absolute atomic E-state index is 0.00166. The van der Waals surface area contributed by atoms with Gasteiger partial charge in [-0.1, -0.05) is 23.4 Å². The Balaban J connectivity index is 1.54. The number of carbonyl (C=O) groups excluding carboxylic acids is 2. The van der Waals surface area contributed by atoms with Gasteiger partial charge in [0.25, 0.3) is 0 Å². The number of likely N-dealkylation sites (tertiary alicyclic amines) is 1. The van der Waals surface area contributed by atoms with Crippen molar-refractivity contribution in [1.82, 2.24) is 15.0 Å². The lowest BCUT2D eigenvalue weighted by atomic mass is 10.0. The lowest BCUT2D eigenvalue weighted by molar-refractivity contribution is -0.132. The Labute approximate surface area is 145 Å². The molecular weight excluding hydrogens is 320 g/mol. The minimum Gasteiger partial charge on any atom is -0.340 e. The average molecular weight is 340 g/mol. The minimum atomic E-state index is -0.167. The summed E-state index contributed by atoms with van der Waals surface area (Å²) >= 11 is 0. The predicted molar refractivity (Wildman–Crippen MR) is 89.8 cm³/mol. The van der Waals surface area contributed by atoms with E-state index in [0.717, 1.165) is 30.5 Å². The monoisotopic (exact) mass is 340 g/mol. The second-order valence-electron chi connectivity index (χ2n) is 6.53. The Morgan fingerprint density at radius 1 is 1.32 bits per heavy atom. The van der Waals surface area contributed by atoms with Crippen LogP contribution in [0.25, 0.3) is 0 Å². The Kier molecular flexibility index (Phi) is 3.99. The molecule has 1 atom stereocenters. The van der Waals surface area contributed by atoms with Crippen molar-refractivity contribution in [2.24, 2.45) is 0 Å². The first kappa shape index (κ1) is 15.8. The van der Waals surface area contributed by atoms with E-state index >= 15 is 0 Å². The van der Waals surface area contributed by atoms with Gasteiger partial charge in [-0.15, -0.1) is 0 Å². The highest BCUT2D eigenvalue weighted by Gasteiger charge is 2.35. The van der Waals surface area contributed by atoms with E-state index < -0.39 is 0 Å². The van der Waals surface area contributed by atoms with Crippen LogP contribution in [0.3, 0.4) is 0 Å². The van der Waals surface area contributed by atoms with Gasteiger partial charge in [-0.2, -0.15) is 4.98 Å². The van der Waals surface area contributed by atoms with Crippen molar-refractivity contribution in [1.29, 1.82) is 0 Å². The molecule has 1 aromatic carbocycles. The summed E-state index contributed by atoms with van der Waals surface area (Å²) < 4.78 is 5.05. The van der Waals surface area contributed by atoms with Crippen LogP contribution in [0.1, 0.15) is 42.6 Å².